The smallest absolute Gasteiger partial charge is 0.144 e. The Balaban J connectivity index is 1.96. The molecular weight excluding hydrogens is 376 g/mol. The summed E-state index contributed by atoms with van der Waals surface area (Å²) in [4.78, 5) is 12.7. The Kier molecular flexibility index (Phi) is 4.12. The van der Waals surface area contributed by atoms with Crippen LogP contribution in [0.25, 0.3) is 46.4 Å². The number of nitrogens with zero attached hydrogens (tertiary/aromatic N) is 3. The number of H-pyrrole nitrogens is 1. The van der Waals surface area contributed by atoms with Crippen LogP contribution in [0.1, 0.15) is 31.1 Å². The van der Waals surface area contributed by atoms with Crippen molar-refractivity contribution in [1.29, 1.82) is 0 Å². The van der Waals surface area contributed by atoms with Gasteiger partial charge in [0.15, 0.2) is 0 Å². The molecule has 0 saturated heterocycles. The van der Waals surface area contributed by atoms with E-state index in [-0.39, 0.29) is 0 Å². The highest BCUT2D eigenvalue weighted by atomic mass is 16.5. The summed E-state index contributed by atoms with van der Waals surface area (Å²) < 4.78 is 22.0. The number of fused-ring (bicyclic) bond motifs is 8. The van der Waals surface area contributed by atoms with Crippen molar-refractivity contribution in [1.82, 2.24) is 19.5 Å². The zero-order valence-electron chi connectivity index (χ0n) is 18.1. The van der Waals surface area contributed by atoms with Gasteiger partial charge >= 0.3 is 0 Å². The Morgan fingerprint density at radius 1 is 0.867 bits per heavy atom. The van der Waals surface area contributed by atoms with Crippen molar-refractivity contribution >= 4 is 46.4 Å². The molecule has 30 heavy (non-hydrogen) atoms. The minimum atomic E-state index is 0.334. The van der Waals surface area contributed by atoms with E-state index in [1.54, 1.807) is 14.2 Å². The topological polar surface area (TPSA) is 65.0 Å². The molecule has 150 valence electrons. The maximum Gasteiger partial charge on any atom is 0.144 e. The highest BCUT2D eigenvalue weighted by Crippen LogP contribution is 2.29. The van der Waals surface area contributed by atoms with Gasteiger partial charge in [-0.25, -0.2) is 9.97 Å². The average Bonchev–Trinajstić information content (AvgIpc) is 3.52. The van der Waals surface area contributed by atoms with E-state index in [2.05, 4.69) is 26.4 Å². The molecule has 3 aromatic rings. The molecule has 0 aliphatic carbocycles. The van der Waals surface area contributed by atoms with Crippen LogP contribution in [0.5, 0.6) is 11.5 Å². The Bertz CT molecular complexity index is 1410. The molecule has 5 heterocycles. The normalized spacial score (nSPS) is 12.8. The number of ether oxygens (including phenoxy) is 2. The van der Waals surface area contributed by atoms with Gasteiger partial charge in [0.25, 0.3) is 0 Å². The lowest BCUT2D eigenvalue weighted by Crippen LogP contribution is -1.93. The second kappa shape index (κ2) is 7.22. The third-order valence-corrected chi connectivity index (χ3v) is 5.16. The quantitative estimate of drug-likeness (QED) is 0.455. The highest BCUT2D eigenvalue weighted by molar-refractivity contribution is 5.81. The van der Waals surface area contributed by atoms with E-state index in [0.717, 1.165) is 50.6 Å². The van der Waals surface area contributed by atoms with E-state index >= 15 is 0 Å². The molecule has 8 bridgehead atoms. The number of methoxy groups -OCH3 is 2. The van der Waals surface area contributed by atoms with Gasteiger partial charge in [-0.3, -0.25) is 0 Å². The molecule has 0 saturated carbocycles. The number of rotatable bonds is 3. The van der Waals surface area contributed by atoms with Crippen LogP contribution in [0.4, 0.5) is 0 Å². The molecule has 6 heteroatoms. The van der Waals surface area contributed by atoms with E-state index in [9.17, 15) is 0 Å². The van der Waals surface area contributed by atoms with E-state index < -0.39 is 0 Å². The van der Waals surface area contributed by atoms with Crippen LogP contribution in [0.15, 0.2) is 36.4 Å². The summed E-state index contributed by atoms with van der Waals surface area (Å²) in [6.45, 7) is 2.73. The lowest BCUT2D eigenvalue weighted by atomic mass is 10.3. The molecule has 0 atom stereocenters. The van der Waals surface area contributed by atoms with Crippen LogP contribution < -0.4 is 9.47 Å². The Labute approximate surface area is 175 Å². The fourth-order valence-electron chi connectivity index (χ4n) is 3.78. The number of aromatic nitrogens is 4. The summed E-state index contributed by atoms with van der Waals surface area (Å²) in [6.07, 6.45) is 7.83. The molecule has 2 aliphatic heterocycles. The Hall–Kier alpha value is -3.80. The van der Waals surface area contributed by atoms with Crippen LogP contribution in [-0.2, 0) is 6.54 Å². The minimum Gasteiger partial charge on any atom is -0.494 e. The zero-order valence-corrected chi connectivity index (χ0v) is 17.1. The van der Waals surface area contributed by atoms with Crippen molar-refractivity contribution in [2.75, 3.05) is 14.2 Å². The zero-order chi connectivity index (χ0) is 21.5. The largest absolute Gasteiger partial charge is 0.494 e. The molecule has 0 radical (unpaired) electrons. The second-order valence-corrected chi connectivity index (χ2v) is 7.05. The third-order valence-electron chi connectivity index (χ3n) is 5.16. The van der Waals surface area contributed by atoms with Crippen molar-refractivity contribution in [3.05, 3.63) is 59.1 Å². The van der Waals surface area contributed by atoms with E-state index in [1.165, 1.54) is 0 Å². The van der Waals surface area contributed by atoms with Gasteiger partial charge in [-0.05, 0) is 55.5 Å². The average molecular weight is 399 g/mol. The highest BCUT2D eigenvalue weighted by Gasteiger charge is 2.10. The molecular formula is C24H22N4O2. The van der Waals surface area contributed by atoms with Crippen molar-refractivity contribution in [2.45, 2.75) is 13.5 Å². The van der Waals surface area contributed by atoms with Gasteiger partial charge in [0.2, 0.25) is 0 Å². The summed E-state index contributed by atoms with van der Waals surface area (Å²) in [5.41, 5.74) is 6.51. The minimum absolute atomic E-state index is 0.334. The summed E-state index contributed by atoms with van der Waals surface area (Å²) >= 11 is 0. The van der Waals surface area contributed by atoms with Crippen molar-refractivity contribution in [3.63, 3.8) is 0 Å². The molecule has 3 aromatic heterocycles. The first-order chi connectivity index (χ1) is 15.1. The maximum absolute atomic E-state index is 8.71. The van der Waals surface area contributed by atoms with Crippen molar-refractivity contribution in [2.24, 2.45) is 0 Å². The fourth-order valence-corrected chi connectivity index (χ4v) is 3.78. The molecule has 2 aliphatic rings. The molecule has 0 aromatic carbocycles. The van der Waals surface area contributed by atoms with Crippen LogP contribution in [0, 0.1) is 0 Å². The summed E-state index contributed by atoms with van der Waals surface area (Å²) in [5, 5.41) is 0. The lowest BCUT2D eigenvalue weighted by Gasteiger charge is -2.02. The summed E-state index contributed by atoms with van der Waals surface area (Å²) in [7, 11) is 3.24. The van der Waals surface area contributed by atoms with Crippen LogP contribution in [0.2, 0.25) is 0 Å². The summed E-state index contributed by atoms with van der Waals surface area (Å²) in [5.74, 6) is 1.24. The molecule has 0 amide bonds. The summed E-state index contributed by atoms with van der Waals surface area (Å²) in [6, 6.07) is 10.1. The van der Waals surface area contributed by atoms with Crippen LogP contribution in [-0.4, -0.2) is 33.7 Å². The van der Waals surface area contributed by atoms with Gasteiger partial charge < -0.3 is 19.0 Å². The number of aromatic amines is 1. The second-order valence-electron chi connectivity index (χ2n) is 7.05. The first-order valence-corrected chi connectivity index (χ1v) is 9.80. The van der Waals surface area contributed by atoms with Gasteiger partial charge in [0.05, 0.1) is 49.4 Å². The number of hydrogen-bond donors (Lipinski definition) is 1. The Morgan fingerprint density at radius 3 is 2.13 bits per heavy atom. The molecule has 6 nitrogen and oxygen atoms in total. The SMILES string of the molecule is [2H]c1c(OC)c2cc3cc(OC)c(cc4nc(cc5nc(cc1n2CC)C=C5)C=C4)[nH]3. The van der Waals surface area contributed by atoms with E-state index in [0.29, 0.717) is 18.3 Å². The molecule has 0 spiro atoms. The van der Waals surface area contributed by atoms with Crippen molar-refractivity contribution < 1.29 is 10.8 Å². The predicted octanol–water partition coefficient (Wildman–Crippen LogP) is 5.17. The standard InChI is InChI=1S/C24H22N4O2/c1-4-28-20-10-17-7-5-15(25-17)9-16-6-8-18(26-16)11-21-23(29-2)13-19(27-21)12-22(28)24(14-20)30-3/h5-14,27H,4H2,1-3H3/i14D. The molecule has 0 fully saturated rings. The van der Waals surface area contributed by atoms with E-state index in [1.807, 2.05) is 54.6 Å². The van der Waals surface area contributed by atoms with Gasteiger partial charge in [0, 0.05) is 29.7 Å². The fraction of sp³-hybridized carbons (Fsp3) is 0.167. The third kappa shape index (κ3) is 3.16. The van der Waals surface area contributed by atoms with Crippen LogP contribution in [0.3, 0.4) is 0 Å². The predicted molar refractivity (Wildman–Crippen MR) is 121 cm³/mol. The van der Waals surface area contributed by atoms with Crippen molar-refractivity contribution in [3.8, 4) is 11.5 Å². The molecule has 0 unspecified atom stereocenters. The first-order valence-electron chi connectivity index (χ1n) is 10.3. The van der Waals surface area contributed by atoms with Crippen LogP contribution >= 0.6 is 0 Å². The number of aryl methyl sites for hydroxylation is 1. The Morgan fingerprint density at radius 2 is 1.50 bits per heavy atom. The van der Waals surface area contributed by atoms with Gasteiger partial charge in [-0.15, -0.1) is 0 Å². The monoisotopic (exact) mass is 399 g/mol. The molecule has 1 N–H and O–H groups in total. The first kappa shape index (κ1) is 17.1. The number of hydrogen-bond acceptors (Lipinski definition) is 4. The van der Waals surface area contributed by atoms with Gasteiger partial charge in [-0.2, -0.15) is 0 Å². The lowest BCUT2D eigenvalue weighted by molar-refractivity contribution is 0.419. The molecule has 5 rings (SSSR count). The number of nitrogens with one attached hydrogen (secondary N) is 1. The maximum atomic E-state index is 8.71. The van der Waals surface area contributed by atoms with Gasteiger partial charge in [0.1, 0.15) is 11.5 Å². The van der Waals surface area contributed by atoms with Gasteiger partial charge in [-0.1, -0.05) is 0 Å². The van der Waals surface area contributed by atoms with E-state index in [4.69, 9.17) is 10.8 Å².